The highest BCUT2D eigenvalue weighted by Crippen LogP contribution is 2.28. The predicted octanol–water partition coefficient (Wildman–Crippen LogP) is 1.28. The number of oxime groups is 1. The standard InChI is InChI=1S/C16H17FN4O4/c1-9(22)19-7-11-8-21(16(23)25-11)10-2-3-12(13(17)6-10)15-14(20-24)4-5-18-15/h2-6,11,15,18,24H,7-8H2,1H3,(H,19,22). The van der Waals surface area contributed by atoms with Gasteiger partial charge < -0.3 is 20.6 Å². The average molecular weight is 348 g/mol. The monoisotopic (exact) mass is 348 g/mol. The summed E-state index contributed by atoms with van der Waals surface area (Å²) in [5.74, 6) is -0.762. The van der Waals surface area contributed by atoms with Crippen molar-refractivity contribution in [3.05, 3.63) is 41.9 Å². The lowest BCUT2D eigenvalue weighted by Crippen LogP contribution is -2.33. The average Bonchev–Trinajstić information content (AvgIpc) is 3.19. The van der Waals surface area contributed by atoms with Crippen LogP contribution in [-0.4, -0.2) is 42.1 Å². The van der Waals surface area contributed by atoms with Gasteiger partial charge in [-0.05, 0) is 24.4 Å². The zero-order chi connectivity index (χ0) is 18.0. The molecule has 3 N–H and O–H groups in total. The van der Waals surface area contributed by atoms with Gasteiger partial charge in [-0.2, -0.15) is 0 Å². The Kier molecular flexibility index (Phi) is 4.55. The van der Waals surface area contributed by atoms with Crippen LogP contribution in [0.25, 0.3) is 0 Å². The molecule has 0 bridgehead atoms. The number of hydrogen-bond acceptors (Lipinski definition) is 6. The zero-order valence-electron chi connectivity index (χ0n) is 13.4. The molecular weight excluding hydrogens is 331 g/mol. The van der Waals surface area contributed by atoms with E-state index < -0.39 is 24.1 Å². The Hall–Kier alpha value is -3.10. The number of carbonyl (C=O) groups excluding carboxylic acids is 2. The molecule has 25 heavy (non-hydrogen) atoms. The van der Waals surface area contributed by atoms with Crippen LogP contribution in [0.2, 0.25) is 0 Å². The third-order valence-electron chi connectivity index (χ3n) is 3.99. The summed E-state index contributed by atoms with van der Waals surface area (Å²) in [5, 5.41) is 17.5. The molecule has 2 heterocycles. The SMILES string of the molecule is CC(=O)NCC1CN(c2ccc(C3NC=CC3=NO)c(F)c2)C(=O)O1. The van der Waals surface area contributed by atoms with E-state index in [1.807, 2.05) is 0 Å². The van der Waals surface area contributed by atoms with Crippen LogP contribution in [0.5, 0.6) is 0 Å². The van der Waals surface area contributed by atoms with E-state index in [0.717, 1.165) is 0 Å². The van der Waals surface area contributed by atoms with Crippen molar-refractivity contribution in [3.63, 3.8) is 0 Å². The normalized spacial score (nSPS) is 23.7. The van der Waals surface area contributed by atoms with E-state index in [2.05, 4.69) is 15.8 Å². The van der Waals surface area contributed by atoms with E-state index in [-0.39, 0.29) is 19.0 Å². The molecule has 8 nitrogen and oxygen atoms in total. The number of nitrogens with one attached hydrogen (secondary N) is 2. The molecule has 0 aliphatic carbocycles. The number of ether oxygens (including phenoxy) is 1. The molecule has 1 aromatic carbocycles. The van der Waals surface area contributed by atoms with Crippen LogP contribution in [-0.2, 0) is 9.53 Å². The van der Waals surface area contributed by atoms with Gasteiger partial charge >= 0.3 is 6.09 Å². The first-order valence-corrected chi connectivity index (χ1v) is 7.66. The van der Waals surface area contributed by atoms with Crippen molar-refractivity contribution < 1.29 is 23.9 Å². The van der Waals surface area contributed by atoms with Crippen molar-refractivity contribution in [1.82, 2.24) is 10.6 Å². The van der Waals surface area contributed by atoms with Crippen molar-refractivity contribution in [2.24, 2.45) is 5.16 Å². The summed E-state index contributed by atoms with van der Waals surface area (Å²) in [6.45, 7) is 1.79. The van der Waals surface area contributed by atoms with Crippen LogP contribution in [0, 0.1) is 5.82 Å². The fourth-order valence-electron chi connectivity index (χ4n) is 2.77. The van der Waals surface area contributed by atoms with Crippen molar-refractivity contribution in [3.8, 4) is 0 Å². The summed E-state index contributed by atoms with van der Waals surface area (Å²) >= 11 is 0. The lowest BCUT2D eigenvalue weighted by molar-refractivity contribution is -0.119. The molecule has 2 atom stereocenters. The molecule has 3 rings (SSSR count). The van der Waals surface area contributed by atoms with E-state index in [0.29, 0.717) is 17.0 Å². The van der Waals surface area contributed by atoms with E-state index in [1.165, 1.54) is 24.0 Å². The molecule has 0 aromatic heterocycles. The second-order valence-corrected chi connectivity index (χ2v) is 5.72. The summed E-state index contributed by atoms with van der Waals surface area (Å²) < 4.78 is 19.7. The number of hydrogen-bond donors (Lipinski definition) is 3. The van der Waals surface area contributed by atoms with Gasteiger partial charge in [-0.15, -0.1) is 0 Å². The topological polar surface area (TPSA) is 103 Å². The lowest BCUT2D eigenvalue weighted by atomic mass is 10.0. The first kappa shape index (κ1) is 16.7. The molecule has 2 amide bonds. The first-order chi connectivity index (χ1) is 12.0. The highest BCUT2D eigenvalue weighted by Gasteiger charge is 2.33. The molecule has 1 aromatic rings. The number of carbonyl (C=O) groups is 2. The predicted molar refractivity (Wildman–Crippen MR) is 86.9 cm³/mol. The van der Waals surface area contributed by atoms with Gasteiger partial charge in [-0.1, -0.05) is 11.2 Å². The maximum Gasteiger partial charge on any atom is 0.414 e. The van der Waals surface area contributed by atoms with Crippen LogP contribution >= 0.6 is 0 Å². The smallest absolute Gasteiger partial charge is 0.414 e. The number of benzene rings is 1. The van der Waals surface area contributed by atoms with Crippen LogP contribution in [0.1, 0.15) is 18.5 Å². The van der Waals surface area contributed by atoms with E-state index >= 15 is 0 Å². The van der Waals surface area contributed by atoms with Crippen LogP contribution in [0.15, 0.2) is 35.6 Å². The van der Waals surface area contributed by atoms with Gasteiger partial charge in [0, 0.05) is 12.5 Å². The molecule has 2 aliphatic rings. The summed E-state index contributed by atoms with van der Waals surface area (Å²) in [6.07, 6.45) is 2.02. The lowest BCUT2D eigenvalue weighted by Gasteiger charge is -2.17. The molecule has 1 fully saturated rings. The number of cyclic esters (lactones) is 1. The summed E-state index contributed by atoms with van der Waals surface area (Å²) in [5.41, 5.74) is 0.941. The fraction of sp³-hybridized carbons (Fsp3) is 0.312. The van der Waals surface area contributed by atoms with E-state index in [4.69, 9.17) is 9.94 Å². The van der Waals surface area contributed by atoms with Crippen molar-refractivity contribution in [2.75, 3.05) is 18.0 Å². The minimum Gasteiger partial charge on any atom is -0.442 e. The Bertz CT molecular complexity index is 765. The Balaban J connectivity index is 1.75. The van der Waals surface area contributed by atoms with Gasteiger partial charge in [-0.3, -0.25) is 9.69 Å². The van der Waals surface area contributed by atoms with Crippen molar-refractivity contribution in [1.29, 1.82) is 0 Å². The first-order valence-electron chi connectivity index (χ1n) is 7.66. The Morgan fingerprint density at radius 3 is 3.04 bits per heavy atom. The molecule has 9 heteroatoms. The minimum absolute atomic E-state index is 0.201. The highest BCUT2D eigenvalue weighted by molar-refractivity contribution is 6.01. The van der Waals surface area contributed by atoms with Crippen molar-refractivity contribution in [2.45, 2.75) is 19.1 Å². The third-order valence-corrected chi connectivity index (χ3v) is 3.99. The zero-order valence-corrected chi connectivity index (χ0v) is 13.4. The van der Waals surface area contributed by atoms with Crippen LogP contribution in [0.4, 0.5) is 14.9 Å². The Morgan fingerprint density at radius 1 is 1.56 bits per heavy atom. The number of halogens is 1. The van der Waals surface area contributed by atoms with Crippen molar-refractivity contribution >= 4 is 23.4 Å². The molecular formula is C16H17FN4O4. The van der Waals surface area contributed by atoms with Gasteiger partial charge in [0.05, 0.1) is 24.8 Å². The quantitative estimate of drug-likeness (QED) is 0.562. The van der Waals surface area contributed by atoms with Gasteiger partial charge in [0.25, 0.3) is 0 Å². The number of nitrogens with zero attached hydrogens (tertiary/aromatic N) is 2. The Morgan fingerprint density at radius 2 is 2.36 bits per heavy atom. The Labute approximate surface area is 142 Å². The second-order valence-electron chi connectivity index (χ2n) is 5.72. The van der Waals surface area contributed by atoms with E-state index in [9.17, 15) is 14.0 Å². The molecule has 0 radical (unpaired) electrons. The number of anilines is 1. The minimum atomic E-state index is -0.597. The molecule has 0 saturated carbocycles. The highest BCUT2D eigenvalue weighted by atomic mass is 19.1. The number of rotatable bonds is 4. The third kappa shape index (κ3) is 3.39. The molecule has 1 saturated heterocycles. The fourth-order valence-corrected chi connectivity index (χ4v) is 2.77. The molecule has 0 spiro atoms. The maximum absolute atomic E-state index is 14.5. The number of amides is 2. The van der Waals surface area contributed by atoms with E-state index in [1.54, 1.807) is 18.3 Å². The summed E-state index contributed by atoms with van der Waals surface area (Å²) in [4.78, 5) is 24.2. The van der Waals surface area contributed by atoms with Gasteiger partial charge in [0.1, 0.15) is 17.6 Å². The summed E-state index contributed by atoms with van der Waals surface area (Å²) in [7, 11) is 0. The van der Waals surface area contributed by atoms with Gasteiger partial charge in [-0.25, -0.2) is 9.18 Å². The largest absolute Gasteiger partial charge is 0.442 e. The molecule has 2 aliphatic heterocycles. The van der Waals surface area contributed by atoms with Gasteiger partial charge in [0.2, 0.25) is 5.91 Å². The summed E-state index contributed by atoms with van der Waals surface area (Å²) in [6, 6.07) is 3.76. The van der Waals surface area contributed by atoms with Gasteiger partial charge in [0.15, 0.2) is 0 Å². The molecule has 2 unspecified atom stereocenters. The van der Waals surface area contributed by atoms with Crippen LogP contribution < -0.4 is 15.5 Å². The molecule has 132 valence electrons. The second kappa shape index (κ2) is 6.80. The van der Waals surface area contributed by atoms with Crippen LogP contribution in [0.3, 0.4) is 0 Å². The maximum atomic E-state index is 14.5.